The van der Waals surface area contributed by atoms with Crippen molar-refractivity contribution in [3.05, 3.63) is 47.3 Å². The lowest BCUT2D eigenvalue weighted by Gasteiger charge is -2.22. The van der Waals surface area contributed by atoms with Gasteiger partial charge in [-0.2, -0.15) is 5.10 Å². The predicted molar refractivity (Wildman–Crippen MR) is 98.0 cm³/mol. The van der Waals surface area contributed by atoms with Gasteiger partial charge in [0, 0.05) is 24.3 Å². The van der Waals surface area contributed by atoms with E-state index in [4.69, 9.17) is 5.73 Å². The predicted octanol–water partition coefficient (Wildman–Crippen LogP) is 2.72. The van der Waals surface area contributed by atoms with Crippen LogP contribution >= 0.6 is 12.4 Å². The molecular weight excluding hydrogens is 324 g/mol. The molecule has 1 fully saturated rings. The van der Waals surface area contributed by atoms with Gasteiger partial charge in [-0.05, 0) is 62.6 Å². The number of amides is 1. The van der Waals surface area contributed by atoms with Gasteiger partial charge in [-0.25, -0.2) is 4.68 Å². The molecule has 1 amide bonds. The third-order valence-corrected chi connectivity index (χ3v) is 4.71. The molecule has 1 aromatic carbocycles. The van der Waals surface area contributed by atoms with E-state index in [1.54, 1.807) is 0 Å². The van der Waals surface area contributed by atoms with Crippen LogP contribution in [0.25, 0.3) is 5.69 Å². The Balaban J connectivity index is 0.00000208. The Kier molecular flexibility index (Phi) is 5.35. The molecule has 1 aliphatic heterocycles. The van der Waals surface area contributed by atoms with Crippen molar-refractivity contribution in [3.63, 3.8) is 0 Å². The number of halogens is 1. The summed E-state index contributed by atoms with van der Waals surface area (Å²) in [6.45, 7) is 8.29. The number of likely N-dealkylation sites (tertiary alicyclic amines) is 1. The van der Waals surface area contributed by atoms with Crippen molar-refractivity contribution in [1.82, 2.24) is 14.7 Å². The zero-order chi connectivity index (χ0) is 16.6. The first-order valence-corrected chi connectivity index (χ1v) is 8.05. The van der Waals surface area contributed by atoms with Crippen molar-refractivity contribution in [2.24, 2.45) is 11.1 Å². The fourth-order valence-corrected chi connectivity index (χ4v) is 3.18. The number of carbonyl (C=O) groups is 1. The summed E-state index contributed by atoms with van der Waals surface area (Å²) in [6, 6.07) is 9.70. The zero-order valence-corrected chi connectivity index (χ0v) is 15.3. The average Bonchev–Trinajstić information content (AvgIpc) is 3.10. The molecule has 1 atom stereocenters. The fraction of sp³-hybridized carbons (Fsp3) is 0.444. The van der Waals surface area contributed by atoms with Gasteiger partial charge in [-0.15, -0.1) is 12.4 Å². The molecule has 6 heteroatoms. The zero-order valence-electron chi connectivity index (χ0n) is 14.5. The van der Waals surface area contributed by atoms with Gasteiger partial charge in [-0.3, -0.25) is 4.79 Å². The van der Waals surface area contributed by atoms with Gasteiger partial charge in [0.25, 0.3) is 5.91 Å². The van der Waals surface area contributed by atoms with Gasteiger partial charge in [0.1, 0.15) is 0 Å². The van der Waals surface area contributed by atoms with E-state index in [2.05, 4.69) is 12.0 Å². The standard InChI is InChI=1S/C18H24N4O.ClH/c1-13-10-14(2)22(20-13)16-6-4-15(5-7-16)17(23)21-9-8-18(3,11-19)12-21;/h4-7,10H,8-9,11-12,19H2,1-3H3;1H. The SMILES string of the molecule is Cc1cc(C)n(-c2ccc(C(=O)N3CCC(C)(CN)C3)cc2)n1.Cl. The van der Waals surface area contributed by atoms with Gasteiger partial charge in [-0.1, -0.05) is 6.92 Å². The van der Waals surface area contributed by atoms with Crippen LogP contribution in [0.4, 0.5) is 0 Å². The number of hydrogen-bond donors (Lipinski definition) is 1. The first-order chi connectivity index (χ1) is 10.9. The fourth-order valence-electron chi connectivity index (χ4n) is 3.18. The minimum absolute atomic E-state index is 0. The van der Waals surface area contributed by atoms with Crippen molar-refractivity contribution < 1.29 is 4.79 Å². The van der Waals surface area contributed by atoms with Gasteiger partial charge in [0.05, 0.1) is 11.4 Å². The van der Waals surface area contributed by atoms with Crippen LogP contribution in [-0.2, 0) is 0 Å². The highest BCUT2D eigenvalue weighted by Gasteiger charge is 2.35. The Morgan fingerprint density at radius 2 is 1.96 bits per heavy atom. The van der Waals surface area contributed by atoms with E-state index in [1.165, 1.54) is 0 Å². The number of aromatic nitrogens is 2. The molecule has 0 radical (unpaired) electrons. The first-order valence-electron chi connectivity index (χ1n) is 8.05. The summed E-state index contributed by atoms with van der Waals surface area (Å²) in [5.74, 6) is 0.0853. The maximum absolute atomic E-state index is 12.6. The minimum atomic E-state index is 0. The molecule has 130 valence electrons. The molecule has 1 aliphatic rings. The molecular formula is C18H25ClN4O. The van der Waals surface area contributed by atoms with Crippen LogP contribution in [0.1, 0.15) is 35.1 Å². The highest BCUT2D eigenvalue weighted by molar-refractivity contribution is 5.94. The maximum Gasteiger partial charge on any atom is 0.253 e. The van der Waals surface area contributed by atoms with E-state index in [0.29, 0.717) is 6.54 Å². The number of carbonyl (C=O) groups excluding carboxylic acids is 1. The Bertz CT molecular complexity index is 725. The molecule has 1 aromatic heterocycles. The topological polar surface area (TPSA) is 64.2 Å². The second-order valence-corrected chi connectivity index (χ2v) is 6.88. The van der Waals surface area contributed by atoms with Crippen LogP contribution < -0.4 is 5.73 Å². The highest BCUT2D eigenvalue weighted by atomic mass is 35.5. The number of aryl methyl sites for hydroxylation is 2. The molecule has 3 rings (SSSR count). The largest absolute Gasteiger partial charge is 0.338 e. The van der Waals surface area contributed by atoms with E-state index in [-0.39, 0.29) is 23.7 Å². The Morgan fingerprint density at radius 3 is 2.46 bits per heavy atom. The number of hydrogen-bond acceptors (Lipinski definition) is 3. The van der Waals surface area contributed by atoms with Crippen LogP contribution in [0.2, 0.25) is 0 Å². The first kappa shape index (κ1) is 18.5. The molecule has 2 aromatic rings. The Morgan fingerprint density at radius 1 is 1.29 bits per heavy atom. The summed E-state index contributed by atoms with van der Waals surface area (Å²) >= 11 is 0. The molecule has 5 nitrogen and oxygen atoms in total. The van der Waals surface area contributed by atoms with Crippen molar-refractivity contribution >= 4 is 18.3 Å². The van der Waals surface area contributed by atoms with Crippen molar-refractivity contribution in [2.75, 3.05) is 19.6 Å². The molecule has 0 bridgehead atoms. The number of nitrogens with two attached hydrogens (primary N) is 1. The Hall–Kier alpha value is -1.85. The normalized spacial score (nSPS) is 20.1. The Labute approximate surface area is 149 Å². The quantitative estimate of drug-likeness (QED) is 0.927. The van der Waals surface area contributed by atoms with Crippen molar-refractivity contribution in [1.29, 1.82) is 0 Å². The van der Waals surface area contributed by atoms with Crippen LogP contribution in [0.3, 0.4) is 0 Å². The molecule has 0 aliphatic carbocycles. The second kappa shape index (κ2) is 6.95. The monoisotopic (exact) mass is 348 g/mol. The molecule has 1 unspecified atom stereocenters. The van der Waals surface area contributed by atoms with Crippen LogP contribution in [0.15, 0.2) is 30.3 Å². The molecule has 0 spiro atoms. The van der Waals surface area contributed by atoms with E-state index in [0.717, 1.165) is 42.1 Å². The van der Waals surface area contributed by atoms with Gasteiger partial charge < -0.3 is 10.6 Å². The van der Waals surface area contributed by atoms with Crippen LogP contribution in [0.5, 0.6) is 0 Å². The van der Waals surface area contributed by atoms with Crippen molar-refractivity contribution in [2.45, 2.75) is 27.2 Å². The lowest BCUT2D eigenvalue weighted by atomic mass is 9.90. The summed E-state index contributed by atoms with van der Waals surface area (Å²) in [6.07, 6.45) is 0.971. The number of benzene rings is 1. The van der Waals surface area contributed by atoms with E-state index >= 15 is 0 Å². The average molecular weight is 349 g/mol. The van der Waals surface area contributed by atoms with Gasteiger partial charge in [0.15, 0.2) is 0 Å². The van der Waals surface area contributed by atoms with Crippen LogP contribution in [0, 0.1) is 19.3 Å². The smallest absolute Gasteiger partial charge is 0.253 e. The summed E-state index contributed by atoms with van der Waals surface area (Å²) < 4.78 is 1.89. The van der Waals surface area contributed by atoms with E-state index in [1.807, 2.05) is 53.8 Å². The molecule has 0 saturated carbocycles. The summed E-state index contributed by atoms with van der Waals surface area (Å²) in [7, 11) is 0. The summed E-state index contributed by atoms with van der Waals surface area (Å²) in [5, 5.41) is 4.47. The second-order valence-electron chi connectivity index (χ2n) is 6.88. The van der Waals surface area contributed by atoms with E-state index in [9.17, 15) is 4.79 Å². The highest BCUT2D eigenvalue weighted by Crippen LogP contribution is 2.29. The third-order valence-electron chi connectivity index (χ3n) is 4.71. The molecule has 24 heavy (non-hydrogen) atoms. The molecule has 1 saturated heterocycles. The summed E-state index contributed by atoms with van der Waals surface area (Å²) in [5.41, 5.74) is 9.64. The summed E-state index contributed by atoms with van der Waals surface area (Å²) in [4.78, 5) is 14.5. The van der Waals surface area contributed by atoms with Gasteiger partial charge in [0.2, 0.25) is 0 Å². The van der Waals surface area contributed by atoms with E-state index < -0.39 is 0 Å². The number of rotatable bonds is 3. The molecule has 2 N–H and O–H groups in total. The van der Waals surface area contributed by atoms with Crippen molar-refractivity contribution in [3.8, 4) is 5.69 Å². The number of nitrogens with zero attached hydrogens (tertiary/aromatic N) is 3. The van der Waals surface area contributed by atoms with Crippen LogP contribution in [-0.4, -0.2) is 40.2 Å². The van der Waals surface area contributed by atoms with Gasteiger partial charge >= 0.3 is 0 Å². The lowest BCUT2D eigenvalue weighted by Crippen LogP contribution is -2.34. The minimum Gasteiger partial charge on any atom is -0.338 e. The maximum atomic E-state index is 12.6. The molecule has 2 heterocycles. The lowest BCUT2D eigenvalue weighted by molar-refractivity contribution is 0.0777. The third kappa shape index (κ3) is 3.47.